The maximum Gasteiger partial charge on any atom is 0.246 e. The first-order chi connectivity index (χ1) is 10.6. The van der Waals surface area contributed by atoms with Gasteiger partial charge in [0.25, 0.3) is 0 Å². The van der Waals surface area contributed by atoms with Gasteiger partial charge in [0.2, 0.25) is 11.9 Å². The lowest BCUT2D eigenvalue weighted by Crippen LogP contribution is -2.34. The number of rotatable bonds is 3. The predicted octanol–water partition coefficient (Wildman–Crippen LogP) is 3.72. The van der Waals surface area contributed by atoms with Gasteiger partial charge in [-0.1, -0.05) is 48.0 Å². The smallest absolute Gasteiger partial charge is 0.246 e. The van der Waals surface area contributed by atoms with Gasteiger partial charge in [0, 0.05) is 17.2 Å². The average Bonchev–Trinajstić information content (AvgIpc) is 2.87. The molecule has 0 saturated carbocycles. The highest BCUT2D eigenvalue weighted by Crippen LogP contribution is 2.29. The monoisotopic (exact) mass is 294 g/mol. The van der Waals surface area contributed by atoms with Gasteiger partial charge in [0.1, 0.15) is 0 Å². The summed E-state index contributed by atoms with van der Waals surface area (Å²) in [6, 6.07) is 18.5. The van der Waals surface area contributed by atoms with Crippen LogP contribution in [-0.2, 0) is 0 Å². The van der Waals surface area contributed by atoms with Crippen molar-refractivity contribution in [3.8, 4) is 0 Å². The lowest BCUT2D eigenvalue weighted by atomic mass is 10.1. The van der Waals surface area contributed by atoms with Crippen molar-refractivity contribution < 1.29 is 4.74 Å². The van der Waals surface area contributed by atoms with Gasteiger partial charge in [-0.15, -0.1) is 0 Å². The summed E-state index contributed by atoms with van der Waals surface area (Å²) in [4.78, 5) is 2.25. The van der Waals surface area contributed by atoms with Gasteiger partial charge < -0.3 is 5.21 Å². The van der Waals surface area contributed by atoms with Crippen molar-refractivity contribution in [2.24, 2.45) is 0 Å². The van der Waals surface area contributed by atoms with Crippen molar-refractivity contribution in [1.29, 1.82) is 0 Å². The van der Waals surface area contributed by atoms with Gasteiger partial charge in [0.05, 0.1) is 6.54 Å². The van der Waals surface area contributed by atoms with Crippen molar-refractivity contribution in [3.05, 3.63) is 76.5 Å². The Morgan fingerprint density at radius 3 is 2.27 bits per heavy atom. The average molecular weight is 294 g/mol. The van der Waals surface area contributed by atoms with E-state index in [1.54, 1.807) is 0 Å². The van der Waals surface area contributed by atoms with Gasteiger partial charge in [-0.3, -0.25) is 0 Å². The molecule has 2 aromatic rings. The minimum Gasteiger partial charge on any atom is -0.622 e. The fraction of sp³-hybridized carbons (Fsp3) is 0.316. The highest BCUT2D eigenvalue weighted by atomic mass is 16.5. The fourth-order valence-corrected chi connectivity index (χ4v) is 2.99. The molecule has 0 bridgehead atoms. The number of hydroxylamine groups is 1. The first-order valence-corrected chi connectivity index (χ1v) is 7.78. The maximum atomic E-state index is 12.9. The molecule has 0 amide bonds. The van der Waals surface area contributed by atoms with Crippen LogP contribution in [0.1, 0.15) is 36.7 Å². The van der Waals surface area contributed by atoms with Crippen molar-refractivity contribution in [3.63, 3.8) is 0 Å². The van der Waals surface area contributed by atoms with Gasteiger partial charge >= 0.3 is 0 Å². The van der Waals surface area contributed by atoms with E-state index in [1.165, 1.54) is 10.3 Å². The normalized spacial score (nSPS) is 19.2. The van der Waals surface area contributed by atoms with E-state index >= 15 is 0 Å². The molecule has 114 valence electrons. The molecule has 1 aliphatic heterocycles. The molecule has 22 heavy (non-hydrogen) atoms. The molecule has 1 heterocycles. The van der Waals surface area contributed by atoms with Gasteiger partial charge in [-0.2, -0.15) is 4.74 Å². The van der Waals surface area contributed by atoms with Crippen LogP contribution in [0, 0.1) is 12.1 Å². The molecule has 0 aliphatic carbocycles. The summed E-state index contributed by atoms with van der Waals surface area (Å²) in [7, 11) is 0. The van der Waals surface area contributed by atoms with E-state index in [-0.39, 0.29) is 6.17 Å². The highest BCUT2D eigenvalue weighted by Gasteiger charge is 2.39. The molecule has 3 heteroatoms. The quantitative estimate of drug-likeness (QED) is 0.638. The van der Waals surface area contributed by atoms with Gasteiger partial charge in [0.15, 0.2) is 0 Å². The van der Waals surface area contributed by atoms with Crippen molar-refractivity contribution in [1.82, 2.24) is 4.90 Å². The zero-order chi connectivity index (χ0) is 15.7. The molecule has 0 N–H and O–H groups in total. The van der Waals surface area contributed by atoms with E-state index in [9.17, 15) is 5.21 Å². The third-order valence-corrected chi connectivity index (χ3v) is 4.28. The lowest BCUT2D eigenvalue weighted by molar-refractivity contribution is -0.523. The Kier molecular flexibility index (Phi) is 3.99. The van der Waals surface area contributed by atoms with Crippen LogP contribution < -0.4 is 0 Å². The molecule has 0 aromatic heterocycles. The van der Waals surface area contributed by atoms with E-state index in [0.29, 0.717) is 12.6 Å². The zero-order valence-corrected chi connectivity index (χ0v) is 13.4. The molecule has 3 rings (SSSR count). The molecule has 0 saturated heterocycles. The Labute approximate surface area is 132 Å². The second kappa shape index (κ2) is 5.93. The Morgan fingerprint density at radius 2 is 1.68 bits per heavy atom. The molecule has 3 nitrogen and oxygen atoms in total. The highest BCUT2D eigenvalue weighted by molar-refractivity contribution is 5.99. The minimum atomic E-state index is -0.238. The van der Waals surface area contributed by atoms with Crippen molar-refractivity contribution in [2.45, 2.75) is 33.0 Å². The van der Waals surface area contributed by atoms with Crippen molar-refractivity contribution in [2.75, 3.05) is 6.54 Å². The van der Waals surface area contributed by atoms with E-state index in [1.807, 2.05) is 42.5 Å². The summed E-state index contributed by atoms with van der Waals surface area (Å²) < 4.78 is 1.18. The first kappa shape index (κ1) is 14.8. The molecule has 1 aliphatic rings. The number of benzene rings is 2. The van der Waals surface area contributed by atoms with Crippen LogP contribution >= 0.6 is 0 Å². The van der Waals surface area contributed by atoms with E-state index in [2.05, 4.69) is 37.8 Å². The zero-order valence-electron chi connectivity index (χ0n) is 13.4. The molecular formula is C19H22N2O. The molecule has 1 unspecified atom stereocenters. The summed E-state index contributed by atoms with van der Waals surface area (Å²) in [5.41, 5.74) is 4.13. The molecule has 2 aromatic carbocycles. The standard InChI is InChI=1S/C19H22N2O/c1-14(2)20-13-18(16-11-9-15(3)10-12-16)21(22)19(20)17-7-5-4-6-8-17/h4-12,14,19H,13H2,1-3H3. The van der Waals surface area contributed by atoms with Crippen LogP contribution in [0.15, 0.2) is 54.6 Å². The van der Waals surface area contributed by atoms with Crippen LogP contribution in [0.25, 0.3) is 0 Å². The fourth-order valence-electron chi connectivity index (χ4n) is 2.99. The second-order valence-corrected chi connectivity index (χ2v) is 6.19. The van der Waals surface area contributed by atoms with Crippen LogP contribution in [0.2, 0.25) is 0 Å². The number of hydrogen-bond donors (Lipinski definition) is 0. The second-order valence-electron chi connectivity index (χ2n) is 6.19. The Balaban J connectivity index is 2.04. The van der Waals surface area contributed by atoms with E-state index in [0.717, 1.165) is 16.8 Å². The molecule has 1 atom stereocenters. The summed E-state index contributed by atoms with van der Waals surface area (Å²) in [5, 5.41) is 12.9. The summed E-state index contributed by atoms with van der Waals surface area (Å²) in [5.74, 6) is 0. The Hall–Kier alpha value is -2.13. The van der Waals surface area contributed by atoms with Gasteiger partial charge in [-0.25, -0.2) is 4.90 Å². The lowest BCUT2D eigenvalue weighted by Gasteiger charge is -2.25. The maximum absolute atomic E-state index is 12.9. The SMILES string of the molecule is Cc1ccc(C2=[N+]([O-])C(c3ccccc3)N(C(C)C)C2)cc1. The van der Waals surface area contributed by atoms with E-state index < -0.39 is 0 Å². The molecule has 0 spiro atoms. The molecule has 0 radical (unpaired) electrons. The molecular weight excluding hydrogens is 272 g/mol. The Morgan fingerprint density at radius 1 is 1.05 bits per heavy atom. The third kappa shape index (κ3) is 2.64. The molecule has 0 fully saturated rings. The largest absolute Gasteiger partial charge is 0.622 e. The van der Waals surface area contributed by atoms with Crippen LogP contribution in [-0.4, -0.2) is 27.9 Å². The number of aryl methyl sites for hydroxylation is 1. The summed E-state index contributed by atoms with van der Waals surface area (Å²) in [6.45, 7) is 7.03. The van der Waals surface area contributed by atoms with Gasteiger partial charge in [-0.05, 0) is 32.9 Å². The van der Waals surface area contributed by atoms with Crippen molar-refractivity contribution >= 4 is 5.71 Å². The first-order valence-electron chi connectivity index (χ1n) is 7.78. The van der Waals surface area contributed by atoms with E-state index in [4.69, 9.17) is 0 Å². The summed E-state index contributed by atoms with van der Waals surface area (Å²) >= 11 is 0. The number of hydrogen-bond acceptors (Lipinski definition) is 2. The number of nitrogens with zero attached hydrogens (tertiary/aromatic N) is 2. The van der Waals surface area contributed by atoms with Crippen LogP contribution in [0.4, 0.5) is 0 Å². The summed E-state index contributed by atoms with van der Waals surface area (Å²) in [6.07, 6.45) is -0.238. The van der Waals surface area contributed by atoms with Crippen LogP contribution in [0.5, 0.6) is 0 Å². The third-order valence-electron chi connectivity index (χ3n) is 4.28. The Bertz CT molecular complexity index is 674. The van der Waals surface area contributed by atoms with Crippen LogP contribution in [0.3, 0.4) is 0 Å². The topological polar surface area (TPSA) is 29.3 Å². The predicted molar refractivity (Wildman–Crippen MR) is 89.9 cm³/mol. The minimum absolute atomic E-state index is 0.238.